The van der Waals surface area contributed by atoms with Crippen LogP contribution in [0.15, 0.2) is 9.98 Å². The van der Waals surface area contributed by atoms with Crippen molar-refractivity contribution < 1.29 is 9.59 Å². The van der Waals surface area contributed by atoms with Gasteiger partial charge in [-0.2, -0.15) is 11.8 Å². The third-order valence-corrected chi connectivity index (χ3v) is 4.79. The van der Waals surface area contributed by atoms with Crippen LogP contribution in [0.25, 0.3) is 0 Å². The summed E-state index contributed by atoms with van der Waals surface area (Å²) in [6, 6.07) is 0. The standard InChI is InChI=1S/C8H10N2O2S2/c11-4-9-1-7-3-13-6-14-8(7)2-10-5-12/h7-8H,1-3,6H2. The Balaban J connectivity index is 2.48. The number of thioether (sulfide) groups is 2. The molecule has 0 amide bonds. The highest BCUT2D eigenvalue weighted by Crippen LogP contribution is 2.33. The molecule has 1 fully saturated rings. The van der Waals surface area contributed by atoms with E-state index in [1.54, 1.807) is 17.8 Å². The van der Waals surface area contributed by atoms with Crippen LogP contribution in [0.5, 0.6) is 0 Å². The van der Waals surface area contributed by atoms with E-state index in [0.29, 0.717) is 19.0 Å². The summed E-state index contributed by atoms with van der Waals surface area (Å²) >= 11 is 3.59. The Hall–Kier alpha value is -0.540. The molecule has 1 heterocycles. The molecule has 1 aliphatic rings. The van der Waals surface area contributed by atoms with E-state index in [2.05, 4.69) is 9.98 Å². The predicted octanol–water partition coefficient (Wildman–Crippen LogP) is 1.08. The molecule has 76 valence electrons. The van der Waals surface area contributed by atoms with Gasteiger partial charge in [-0.1, -0.05) is 0 Å². The van der Waals surface area contributed by atoms with E-state index < -0.39 is 0 Å². The van der Waals surface area contributed by atoms with Gasteiger partial charge in [-0.3, -0.25) is 0 Å². The quantitative estimate of drug-likeness (QED) is 0.535. The van der Waals surface area contributed by atoms with Crippen molar-refractivity contribution in [1.29, 1.82) is 0 Å². The molecule has 14 heavy (non-hydrogen) atoms. The molecule has 4 nitrogen and oxygen atoms in total. The van der Waals surface area contributed by atoms with Crippen LogP contribution in [0.4, 0.5) is 0 Å². The summed E-state index contributed by atoms with van der Waals surface area (Å²) in [6.45, 7) is 0.969. The van der Waals surface area contributed by atoms with Gasteiger partial charge in [-0.15, -0.1) is 11.8 Å². The Morgan fingerprint density at radius 3 is 2.64 bits per heavy atom. The van der Waals surface area contributed by atoms with Gasteiger partial charge in [-0.25, -0.2) is 19.6 Å². The molecule has 6 heteroatoms. The van der Waals surface area contributed by atoms with Gasteiger partial charge in [-0.05, 0) is 5.75 Å². The highest BCUT2D eigenvalue weighted by atomic mass is 32.2. The monoisotopic (exact) mass is 230 g/mol. The summed E-state index contributed by atoms with van der Waals surface area (Å²) in [7, 11) is 0. The van der Waals surface area contributed by atoms with Crippen LogP contribution in [-0.2, 0) is 9.59 Å². The largest absolute Gasteiger partial charge is 0.234 e. The fraction of sp³-hybridized carbons (Fsp3) is 0.750. The average Bonchev–Trinajstić information content (AvgIpc) is 2.24. The second kappa shape index (κ2) is 6.85. The Morgan fingerprint density at radius 1 is 1.21 bits per heavy atom. The Bertz CT molecular complexity index is 245. The highest BCUT2D eigenvalue weighted by Gasteiger charge is 2.25. The molecule has 2 atom stereocenters. The third kappa shape index (κ3) is 3.68. The van der Waals surface area contributed by atoms with Crippen molar-refractivity contribution in [2.45, 2.75) is 5.25 Å². The van der Waals surface area contributed by atoms with Crippen LogP contribution < -0.4 is 0 Å². The van der Waals surface area contributed by atoms with Crippen molar-refractivity contribution in [3.63, 3.8) is 0 Å². The number of isocyanates is 2. The number of aliphatic imine (C=N–C) groups is 2. The lowest BCUT2D eigenvalue weighted by atomic mass is 10.1. The minimum atomic E-state index is 0.287. The summed E-state index contributed by atoms with van der Waals surface area (Å²) in [5.74, 6) is 1.29. The Labute approximate surface area is 90.6 Å². The van der Waals surface area contributed by atoms with Crippen LogP contribution in [0.3, 0.4) is 0 Å². The minimum absolute atomic E-state index is 0.287. The van der Waals surface area contributed by atoms with Gasteiger partial charge < -0.3 is 0 Å². The molecule has 0 spiro atoms. The lowest BCUT2D eigenvalue weighted by Crippen LogP contribution is -2.28. The van der Waals surface area contributed by atoms with Gasteiger partial charge in [0.2, 0.25) is 12.2 Å². The van der Waals surface area contributed by atoms with Gasteiger partial charge >= 0.3 is 0 Å². The Kier molecular flexibility index (Phi) is 5.64. The summed E-state index contributed by atoms with van der Waals surface area (Å²) in [4.78, 5) is 27.1. The van der Waals surface area contributed by atoms with Gasteiger partial charge in [0, 0.05) is 16.3 Å². The highest BCUT2D eigenvalue weighted by molar-refractivity contribution is 8.16. The van der Waals surface area contributed by atoms with E-state index >= 15 is 0 Å². The molecule has 1 rings (SSSR count). The van der Waals surface area contributed by atoms with Crippen molar-refractivity contribution in [2.24, 2.45) is 15.9 Å². The normalized spacial score (nSPS) is 26.0. The van der Waals surface area contributed by atoms with Crippen molar-refractivity contribution in [3.8, 4) is 0 Å². The fourth-order valence-corrected chi connectivity index (χ4v) is 4.10. The maximum Gasteiger partial charge on any atom is 0.234 e. The van der Waals surface area contributed by atoms with Crippen LogP contribution in [0, 0.1) is 5.92 Å². The third-order valence-electron chi connectivity index (χ3n) is 1.95. The summed E-state index contributed by atoms with van der Waals surface area (Å²) in [5.41, 5.74) is 0. The molecular weight excluding hydrogens is 220 g/mol. The first-order valence-corrected chi connectivity index (χ1v) is 6.35. The Morgan fingerprint density at radius 2 is 1.93 bits per heavy atom. The second-order valence-corrected chi connectivity index (χ2v) is 5.44. The molecule has 0 aromatic heterocycles. The molecule has 0 aromatic rings. The van der Waals surface area contributed by atoms with Crippen LogP contribution in [0.2, 0.25) is 0 Å². The van der Waals surface area contributed by atoms with Crippen molar-refractivity contribution in [1.82, 2.24) is 0 Å². The zero-order valence-electron chi connectivity index (χ0n) is 7.51. The van der Waals surface area contributed by atoms with E-state index in [1.165, 1.54) is 6.08 Å². The molecule has 2 unspecified atom stereocenters. The second-order valence-electron chi connectivity index (χ2n) is 2.82. The molecule has 1 saturated heterocycles. The van der Waals surface area contributed by atoms with Crippen LogP contribution in [0.1, 0.15) is 0 Å². The maximum absolute atomic E-state index is 9.98. The zero-order chi connectivity index (χ0) is 10.2. The zero-order valence-corrected chi connectivity index (χ0v) is 9.14. The number of rotatable bonds is 4. The van der Waals surface area contributed by atoms with Gasteiger partial charge in [0.1, 0.15) is 0 Å². The first kappa shape index (κ1) is 11.5. The van der Waals surface area contributed by atoms with Crippen LogP contribution in [-0.4, -0.2) is 41.3 Å². The van der Waals surface area contributed by atoms with Gasteiger partial charge in [0.15, 0.2) is 0 Å². The summed E-state index contributed by atoms with van der Waals surface area (Å²) < 4.78 is 0. The molecule has 0 bridgehead atoms. The van der Waals surface area contributed by atoms with E-state index in [1.807, 2.05) is 11.8 Å². The lowest BCUT2D eigenvalue weighted by Gasteiger charge is -2.27. The van der Waals surface area contributed by atoms with E-state index in [-0.39, 0.29) is 5.25 Å². The maximum atomic E-state index is 9.98. The number of hydrogen-bond acceptors (Lipinski definition) is 6. The molecule has 0 aliphatic carbocycles. The SMILES string of the molecule is O=C=NCC1CSCSC1CN=C=O. The molecule has 0 saturated carbocycles. The average molecular weight is 230 g/mol. The van der Waals surface area contributed by atoms with E-state index in [9.17, 15) is 9.59 Å². The van der Waals surface area contributed by atoms with E-state index in [0.717, 1.165) is 10.8 Å². The van der Waals surface area contributed by atoms with Gasteiger partial charge in [0.05, 0.1) is 13.1 Å². The summed E-state index contributed by atoms with van der Waals surface area (Å²) in [6.07, 6.45) is 3.08. The molecule has 0 radical (unpaired) electrons. The van der Waals surface area contributed by atoms with Crippen molar-refractivity contribution in [2.75, 3.05) is 23.9 Å². The van der Waals surface area contributed by atoms with Gasteiger partial charge in [0.25, 0.3) is 0 Å². The fourth-order valence-electron chi connectivity index (χ4n) is 1.23. The molecular formula is C8H10N2O2S2. The van der Waals surface area contributed by atoms with Crippen molar-refractivity contribution >= 4 is 35.7 Å². The van der Waals surface area contributed by atoms with Crippen LogP contribution >= 0.6 is 23.5 Å². The summed E-state index contributed by atoms with van der Waals surface area (Å²) in [5, 5.41) is 1.30. The first-order chi connectivity index (χ1) is 6.88. The first-order valence-electron chi connectivity index (χ1n) is 4.15. The smallest absolute Gasteiger partial charge is 0.211 e. The number of hydrogen-bond donors (Lipinski definition) is 0. The predicted molar refractivity (Wildman–Crippen MR) is 58.2 cm³/mol. The van der Waals surface area contributed by atoms with E-state index in [4.69, 9.17) is 0 Å². The molecule has 1 aliphatic heterocycles. The number of carbonyl (C=O) groups excluding carboxylic acids is 2. The lowest BCUT2D eigenvalue weighted by molar-refractivity contribution is 0.541. The van der Waals surface area contributed by atoms with Crippen molar-refractivity contribution in [3.05, 3.63) is 0 Å². The number of nitrogens with zero attached hydrogens (tertiary/aromatic N) is 2. The topological polar surface area (TPSA) is 58.9 Å². The molecule has 0 aromatic carbocycles. The molecule has 0 N–H and O–H groups in total. The minimum Gasteiger partial charge on any atom is -0.211 e.